The van der Waals surface area contributed by atoms with Crippen LogP contribution in [0.25, 0.3) is 0 Å². The average molecular weight is 315 g/mol. The molecule has 23 heavy (non-hydrogen) atoms. The van der Waals surface area contributed by atoms with Crippen LogP contribution >= 0.6 is 0 Å². The molecule has 6 heteroatoms. The zero-order valence-corrected chi connectivity index (χ0v) is 13.6. The average Bonchev–Trinajstić information content (AvgIpc) is 2.94. The summed E-state index contributed by atoms with van der Waals surface area (Å²) in [6.45, 7) is 6.21. The van der Waals surface area contributed by atoms with Crippen LogP contribution in [0.4, 0.5) is 0 Å². The summed E-state index contributed by atoms with van der Waals surface area (Å²) in [6.07, 6.45) is 2.01. The van der Waals surface area contributed by atoms with Gasteiger partial charge in [0.25, 0.3) is 5.91 Å². The number of fused-ring (bicyclic) bond motifs is 1. The molecule has 0 aliphatic carbocycles. The first-order valence-corrected chi connectivity index (χ1v) is 7.63. The Hall–Kier alpha value is -2.34. The van der Waals surface area contributed by atoms with Crippen molar-refractivity contribution in [3.8, 4) is 5.75 Å². The second-order valence-corrected chi connectivity index (χ2v) is 6.46. The molecule has 0 radical (unpaired) electrons. The highest BCUT2D eigenvalue weighted by atomic mass is 16.5. The zero-order chi connectivity index (χ0) is 16.6. The van der Waals surface area contributed by atoms with Gasteiger partial charge >= 0.3 is 0 Å². The molecule has 0 saturated heterocycles. The Kier molecular flexibility index (Phi) is 3.85. The Morgan fingerprint density at radius 3 is 2.96 bits per heavy atom. The van der Waals surface area contributed by atoms with Gasteiger partial charge in [0.05, 0.1) is 12.6 Å². The standard InChI is InChI=1S/C17H21N3O3/c1-10-4-5-11-12(7-17(2,3)23-14(11)6-10)20-16(21)13-9-22-15(8-18)19-13/h4-6,9,12H,7-8,18H2,1-3H3,(H,20,21). The van der Waals surface area contributed by atoms with E-state index in [4.69, 9.17) is 14.9 Å². The summed E-state index contributed by atoms with van der Waals surface area (Å²) in [5.74, 6) is 0.885. The van der Waals surface area contributed by atoms with Crippen molar-refractivity contribution < 1.29 is 13.9 Å². The van der Waals surface area contributed by atoms with Crippen molar-refractivity contribution in [2.24, 2.45) is 5.73 Å². The smallest absolute Gasteiger partial charge is 0.273 e. The molecule has 1 aromatic heterocycles. The van der Waals surface area contributed by atoms with Crippen LogP contribution in [0.15, 0.2) is 28.9 Å². The van der Waals surface area contributed by atoms with Gasteiger partial charge in [-0.15, -0.1) is 0 Å². The quantitative estimate of drug-likeness (QED) is 0.908. The highest BCUT2D eigenvalue weighted by molar-refractivity contribution is 5.92. The van der Waals surface area contributed by atoms with Gasteiger partial charge in [-0.1, -0.05) is 12.1 Å². The SMILES string of the molecule is Cc1ccc2c(c1)OC(C)(C)CC2NC(=O)c1coc(CN)n1. The number of aryl methyl sites for hydroxylation is 1. The van der Waals surface area contributed by atoms with Crippen molar-refractivity contribution in [2.45, 2.75) is 45.4 Å². The molecule has 0 fully saturated rings. The largest absolute Gasteiger partial charge is 0.487 e. The number of nitrogens with two attached hydrogens (primary N) is 1. The Labute approximate surface area is 135 Å². The van der Waals surface area contributed by atoms with Crippen molar-refractivity contribution in [1.29, 1.82) is 0 Å². The Balaban J connectivity index is 1.86. The normalized spacial score (nSPS) is 18.9. The summed E-state index contributed by atoms with van der Waals surface area (Å²) in [7, 11) is 0. The van der Waals surface area contributed by atoms with Gasteiger partial charge in [-0.05, 0) is 32.4 Å². The zero-order valence-electron chi connectivity index (χ0n) is 13.6. The molecule has 3 rings (SSSR count). The fourth-order valence-electron chi connectivity index (χ4n) is 2.83. The predicted octanol–water partition coefficient (Wildman–Crippen LogP) is 2.47. The van der Waals surface area contributed by atoms with Crippen molar-refractivity contribution in [2.75, 3.05) is 0 Å². The lowest BCUT2D eigenvalue weighted by Crippen LogP contribution is -2.41. The minimum absolute atomic E-state index is 0.139. The van der Waals surface area contributed by atoms with Crippen LogP contribution in [0.1, 0.15) is 53.8 Å². The van der Waals surface area contributed by atoms with Crippen molar-refractivity contribution in [1.82, 2.24) is 10.3 Å². The summed E-state index contributed by atoms with van der Waals surface area (Å²) < 4.78 is 11.2. The lowest BCUT2D eigenvalue weighted by Gasteiger charge is -2.38. The van der Waals surface area contributed by atoms with Gasteiger partial charge in [0.15, 0.2) is 5.69 Å². The molecule has 0 saturated carbocycles. The number of hydrogen-bond donors (Lipinski definition) is 2. The Bertz CT molecular complexity index is 736. The molecule has 6 nitrogen and oxygen atoms in total. The molecule has 3 N–H and O–H groups in total. The predicted molar refractivity (Wildman–Crippen MR) is 85.1 cm³/mol. The number of carbonyl (C=O) groups is 1. The molecule has 1 aromatic carbocycles. The molecule has 1 aliphatic rings. The van der Waals surface area contributed by atoms with Gasteiger partial charge in [0.2, 0.25) is 5.89 Å². The number of amides is 1. The van der Waals surface area contributed by atoms with E-state index in [1.54, 1.807) is 0 Å². The van der Waals surface area contributed by atoms with Crippen LogP contribution in [0.2, 0.25) is 0 Å². The summed E-state index contributed by atoms with van der Waals surface area (Å²) in [5.41, 5.74) is 7.44. The molecule has 0 spiro atoms. The third kappa shape index (κ3) is 3.22. The number of rotatable bonds is 3. The van der Waals surface area contributed by atoms with E-state index in [9.17, 15) is 4.79 Å². The van der Waals surface area contributed by atoms with E-state index in [1.165, 1.54) is 6.26 Å². The number of aromatic nitrogens is 1. The number of oxazole rings is 1. The second-order valence-electron chi connectivity index (χ2n) is 6.46. The van der Waals surface area contributed by atoms with E-state index in [0.29, 0.717) is 12.3 Å². The lowest BCUT2D eigenvalue weighted by molar-refractivity contribution is 0.0617. The molecule has 0 bridgehead atoms. The van der Waals surface area contributed by atoms with Crippen LogP contribution < -0.4 is 15.8 Å². The first-order chi connectivity index (χ1) is 10.9. The van der Waals surface area contributed by atoms with E-state index < -0.39 is 0 Å². The van der Waals surface area contributed by atoms with Crippen molar-refractivity contribution >= 4 is 5.91 Å². The fraction of sp³-hybridized carbons (Fsp3) is 0.412. The minimum atomic E-state index is -0.356. The first kappa shape index (κ1) is 15.6. The minimum Gasteiger partial charge on any atom is -0.487 e. The molecule has 122 valence electrons. The lowest BCUT2D eigenvalue weighted by atomic mass is 9.89. The maximum absolute atomic E-state index is 12.4. The molecule has 1 aliphatic heterocycles. The maximum atomic E-state index is 12.4. The Morgan fingerprint density at radius 1 is 1.48 bits per heavy atom. The molecular formula is C17H21N3O3. The van der Waals surface area contributed by atoms with Crippen LogP contribution in [0.3, 0.4) is 0 Å². The van der Waals surface area contributed by atoms with Crippen LogP contribution in [-0.4, -0.2) is 16.5 Å². The van der Waals surface area contributed by atoms with Crippen LogP contribution in [0, 0.1) is 6.92 Å². The maximum Gasteiger partial charge on any atom is 0.273 e. The second kappa shape index (κ2) is 5.70. The van der Waals surface area contributed by atoms with E-state index in [-0.39, 0.29) is 29.8 Å². The van der Waals surface area contributed by atoms with Gasteiger partial charge in [-0.25, -0.2) is 4.98 Å². The highest BCUT2D eigenvalue weighted by Gasteiger charge is 2.35. The highest BCUT2D eigenvalue weighted by Crippen LogP contribution is 2.39. The number of nitrogens with zero attached hydrogens (tertiary/aromatic N) is 1. The summed E-state index contributed by atoms with van der Waals surface area (Å²) >= 11 is 0. The van der Waals surface area contributed by atoms with Gasteiger partial charge in [0.1, 0.15) is 17.6 Å². The monoisotopic (exact) mass is 315 g/mol. The van der Waals surface area contributed by atoms with E-state index >= 15 is 0 Å². The molecule has 1 atom stereocenters. The van der Waals surface area contributed by atoms with Gasteiger partial charge < -0.3 is 20.2 Å². The number of nitrogens with one attached hydrogen (secondary N) is 1. The molecular weight excluding hydrogens is 294 g/mol. The third-order valence-corrected chi connectivity index (χ3v) is 3.89. The topological polar surface area (TPSA) is 90.4 Å². The molecule has 2 aromatic rings. The van der Waals surface area contributed by atoms with E-state index in [1.807, 2.05) is 39.0 Å². The first-order valence-electron chi connectivity index (χ1n) is 7.63. The van der Waals surface area contributed by atoms with Crippen LogP contribution in [0.5, 0.6) is 5.75 Å². The molecule has 1 unspecified atom stereocenters. The fourth-order valence-corrected chi connectivity index (χ4v) is 2.83. The van der Waals surface area contributed by atoms with Gasteiger partial charge in [0, 0.05) is 12.0 Å². The summed E-state index contributed by atoms with van der Waals surface area (Å²) in [5, 5.41) is 3.02. The van der Waals surface area contributed by atoms with Crippen LogP contribution in [-0.2, 0) is 6.54 Å². The van der Waals surface area contributed by atoms with Crippen molar-refractivity contribution in [3.05, 3.63) is 47.2 Å². The van der Waals surface area contributed by atoms with Gasteiger partial charge in [-0.2, -0.15) is 0 Å². The summed E-state index contributed by atoms with van der Waals surface area (Å²) in [4.78, 5) is 16.5. The number of carbonyl (C=O) groups excluding carboxylic acids is 1. The Morgan fingerprint density at radius 2 is 2.26 bits per heavy atom. The van der Waals surface area contributed by atoms with Gasteiger partial charge in [-0.3, -0.25) is 4.79 Å². The molecule has 2 heterocycles. The number of ether oxygens (including phenoxy) is 1. The number of hydrogen-bond acceptors (Lipinski definition) is 5. The summed E-state index contributed by atoms with van der Waals surface area (Å²) in [6, 6.07) is 5.87. The number of benzene rings is 1. The van der Waals surface area contributed by atoms with E-state index in [2.05, 4.69) is 10.3 Å². The molecule has 1 amide bonds. The van der Waals surface area contributed by atoms with Crippen molar-refractivity contribution in [3.63, 3.8) is 0 Å². The van der Waals surface area contributed by atoms with E-state index in [0.717, 1.165) is 16.9 Å². The third-order valence-electron chi connectivity index (χ3n) is 3.89.